The van der Waals surface area contributed by atoms with Crippen molar-refractivity contribution < 1.29 is 0 Å². The Morgan fingerprint density at radius 2 is 1.54 bits per heavy atom. The molecule has 0 spiro atoms. The van der Waals surface area contributed by atoms with E-state index in [4.69, 9.17) is 0 Å². The summed E-state index contributed by atoms with van der Waals surface area (Å²) in [6, 6.07) is 23.9. The third-order valence-electron chi connectivity index (χ3n) is 5.13. The maximum Gasteiger partial charge on any atom is 0.0723 e. The third kappa shape index (κ3) is 1.83. The highest BCUT2D eigenvalue weighted by Gasteiger charge is 2.15. The van der Waals surface area contributed by atoms with Crippen molar-refractivity contribution in [3.63, 3.8) is 0 Å². The van der Waals surface area contributed by atoms with Gasteiger partial charge < -0.3 is 4.57 Å². The maximum absolute atomic E-state index is 4.52. The highest BCUT2D eigenvalue weighted by atomic mass is 32.1. The molecule has 0 aliphatic heterocycles. The van der Waals surface area contributed by atoms with Crippen molar-refractivity contribution >= 4 is 54.0 Å². The van der Waals surface area contributed by atoms with Gasteiger partial charge in [0.1, 0.15) is 0 Å². The Hall–Kier alpha value is -3.17. The van der Waals surface area contributed by atoms with E-state index < -0.39 is 0 Å². The van der Waals surface area contributed by atoms with E-state index in [9.17, 15) is 0 Å². The molecule has 0 N–H and O–H groups in total. The first-order valence-electron chi connectivity index (χ1n) is 8.64. The Kier molecular flexibility index (Phi) is 2.79. The lowest BCUT2D eigenvalue weighted by atomic mass is 10.1. The van der Waals surface area contributed by atoms with Gasteiger partial charge in [-0.25, -0.2) is 0 Å². The van der Waals surface area contributed by atoms with Crippen molar-refractivity contribution in [2.45, 2.75) is 0 Å². The van der Waals surface area contributed by atoms with Gasteiger partial charge in [-0.15, -0.1) is 11.3 Å². The Morgan fingerprint density at radius 1 is 0.692 bits per heavy atom. The highest BCUT2D eigenvalue weighted by Crippen LogP contribution is 2.37. The number of para-hydroxylation sites is 1. The van der Waals surface area contributed by atoms with Gasteiger partial charge in [0.15, 0.2) is 0 Å². The number of benzene rings is 3. The van der Waals surface area contributed by atoms with Gasteiger partial charge in [0.2, 0.25) is 0 Å². The zero-order valence-corrected chi connectivity index (χ0v) is 14.7. The molecule has 0 saturated heterocycles. The number of thiophene rings is 1. The van der Waals surface area contributed by atoms with E-state index in [1.165, 1.54) is 37.3 Å². The molecule has 3 aromatic carbocycles. The molecule has 0 fully saturated rings. The SMILES string of the molecule is c1ccc2c(-n3c4ccccc4c4cc5ccsc5cc43)cncc2c1. The van der Waals surface area contributed by atoms with Crippen LogP contribution < -0.4 is 0 Å². The fraction of sp³-hybridized carbons (Fsp3) is 0. The fourth-order valence-electron chi connectivity index (χ4n) is 3.96. The van der Waals surface area contributed by atoms with Crippen LogP contribution in [-0.2, 0) is 0 Å². The van der Waals surface area contributed by atoms with Crippen molar-refractivity contribution in [1.29, 1.82) is 0 Å². The summed E-state index contributed by atoms with van der Waals surface area (Å²) in [7, 11) is 0. The largest absolute Gasteiger partial charge is 0.307 e. The summed E-state index contributed by atoms with van der Waals surface area (Å²) in [5.41, 5.74) is 3.59. The van der Waals surface area contributed by atoms with E-state index in [0.717, 1.165) is 11.1 Å². The lowest BCUT2D eigenvalue weighted by molar-refractivity contribution is 1.16. The lowest BCUT2D eigenvalue weighted by Crippen LogP contribution is -1.96. The van der Waals surface area contributed by atoms with Crippen LogP contribution in [0.25, 0.3) is 48.4 Å². The lowest BCUT2D eigenvalue weighted by Gasteiger charge is -2.10. The van der Waals surface area contributed by atoms with Gasteiger partial charge in [0.05, 0.1) is 22.9 Å². The van der Waals surface area contributed by atoms with Crippen molar-refractivity contribution in [3.8, 4) is 5.69 Å². The molecular weight excluding hydrogens is 336 g/mol. The minimum atomic E-state index is 1.13. The summed E-state index contributed by atoms with van der Waals surface area (Å²) in [4.78, 5) is 4.52. The highest BCUT2D eigenvalue weighted by molar-refractivity contribution is 7.17. The number of fused-ring (bicyclic) bond motifs is 5. The van der Waals surface area contributed by atoms with E-state index in [0.29, 0.717) is 0 Å². The normalized spacial score (nSPS) is 11.8. The van der Waals surface area contributed by atoms with Crippen LogP contribution in [0.1, 0.15) is 0 Å². The molecule has 0 aliphatic rings. The minimum absolute atomic E-state index is 1.13. The molecule has 6 rings (SSSR count). The second-order valence-corrected chi connectivity index (χ2v) is 7.51. The summed E-state index contributed by atoms with van der Waals surface area (Å²) < 4.78 is 3.67. The molecule has 122 valence electrons. The fourth-order valence-corrected chi connectivity index (χ4v) is 4.77. The molecule has 3 heterocycles. The number of rotatable bonds is 1. The van der Waals surface area contributed by atoms with Gasteiger partial charge in [-0.3, -0.25) is 4.98 Å². The standard InChI is InChI=1S/C23H14N2S/c1-2-6-17-16(5-1)13-24-14-22(17)25-20-8-4-3-7-18(20)19-11-15-9-10-26-23(15)12-21(19)25/h1-14H. The van der Waals surface area contributed by atoms with Crippen LogP contribution in [0.5, 0.6) is 0 Å². The Morgan fingerprint density at radius 3 is 2.50 bits per heavy atom. The van der Waals surface area contributed by atoms with Crippen molar-refractivity contribution in [1.82, 2.24) is 9.55 Å². The van der Waals surface area contributed by atoms with Crippen LogP contribution in [0.4, 0.5) is 0 Å². The summed E-state index contributed by atoms with van der Waals surface area (Å²) >= 11 is 1.79. The van der Waals surface area contributed by atoms with Crippen LogP contribution in [0, 0.1) is 0 Å². The summed E-state index contributed by atoms with van der Waals surface area (Å²) in [5.74, 6) is 0. The minimum Gasteiger partial charge on any atom is -0.307 e. The van der Waals surface area contributed by atoms with E-state index in [1.54, 1.807) is 11.3 Å². The molecule has 0 saturated carbocycles. The van der Waals surface area contributed by atoms with Crippen LogP contribution in [-0.4, -0.2) is 9.55 Å². The first-order valence-corrected chi connectivity index (χ1v) is 9.52. The zero-order valence-electron chi connectivity index (χ0n) is 13.9. The predicted molar refractivity (Wildman–Crippen MR) is 111 cm³/mol. The molecule has 3 heteroatoms. The second-order valence-electron chi connectivity index (χ2n) is 6.56. The molecule has 3 aromatic heterocycles. The molecule has 0 radical (unpaired) electrons. The van der Waals surface area contributed by atoms with E-state index >= 15 is 0 Å². The van der Waals surface area contributed by atoms with Gasteiger partial charge in [-0.1, -0.05) is 42.5 Å². The molecule has 26 heavy (non-hydrogen) atoms. The predicted octanol–water partition coefficient (Wildman–Crippen LogP) is 6.55. The van der Waals surface area contributed by atoms with E-state index in [-0.39, 0.29) is 0 Å². The third-order valence-corrected chi connectivity index (χ3v) is 6.01. The number of aromatic nitrogens is 2. The van der Waals surface area contributed by atoms with Gasteiger partial charge in [-0.2, -0.15) is 0 Å². The van der Waals surface area contributed by atoms with Gasteiger partial charge in [0.25, 0.3) is 0 Å². The molecule has 0 atom stereocenters. The molecule has 0 unspecified atom stereocenters. The molecule has 2 nitrogen and oxygen atoms in total. The Labute approximate surface area is 153 Å². The van der Waals surface area contributed by atoms with Gasteiger partial charge in [0, 0.05) is 32.4 Å². The Bertz CT molecular complexity index is 1430. The Balaban J connectivity index is 1.87. The molecule has 0 amide bonds. The van der Waals surface area contributed by atoms with Crippen LogP contribution in [0.3, 0.4) is 0 Å². The summed E-state index contributed by atoms with van der Waals surface area (Å²) in [6.07, 6.45) is 3.91. The molecular formula is C23H14N2S. The van der Waals surface area contributed by atoms with Crippen LogP contribution >= 0.6 is 11.3 Å². The number of hydrogen-bond acceptors (Lipinski definition) is 2. The number of hydrogen-bond donors (Lipinski definition) is 0. The average molecular weight is 350 g/mol. The van der Waals surface area contributed by atoms with E-state index in [1.807, 2.05) is 12.4 Å². The van der Waals surface area contributed by atoms with Crippen molar-refractivity contribution in [3.05, 3.63) is 84.5 Å². The number of pyridine rings is 1. The van der Waals surface area contributed by atoms with E-state index in [2.05, 4.69) is 81.7 Å². The summed E-state index contributed by atoms with van der Waals surface area (Å²) in [6.45, 7) is 0. The smallest absolute Gasteiger partial charge is 0.0723 e. The van der Waals surface area contributed by atoms with Crippen LogP contribution in [0.15, 0.2) is 84.5 Å². The molecule has 0 aliphatic carbocycles. The van der Waals surface area contributed by atoms with Gasteiger partial charge >= 0.3 is 0 Å². The topological polar surface area (TPSA) is 17.8 Å². The van der Waals surface area contributed by atoms with Crippen molar-refractivity contribution in [2.75, 3.05) is 0 Å². The molecule has 6 aromatic rings. The van der Waals surface area contributed by atoms with Crippen molar-refractivity contribution in [2.24, 2.45) is 0 Å². The van der Waals surface area contributed by atoms with Gasteiger partial charge in [-0.05, 0) is 35.0 Å². The zero-order chi connectivity index (χ0) is 17.1. The maximum atomic E-state index is 4.52. The second kappa shape index (κ2) is 5.16. The van der Waals surface area contributed by atoms with Crippen LogP contribution in [0.2, 0.25) is 0 Å². The average Bonchev–Trinajstić information content (AvgIpc) is 3.27. The quantitative estimate of drug-likeness (QED) is 0.329. The number of nitrogens with zero attached hydrogens (tertiary/aromatic N) is 2. The monoisotopic (exact) mass is 350 g/mol. The molecule has 0 bridgehead atoms. The first kappa shape index (κ1) is 14.0. The summed E-state index contributed by atoms with van der Waals surface area (Å²) in [5, 5.41) is 8.42. The first-order chi connectivity index (χ1) is 12.9.